The molecule has 4 heteroatoms. The fourth-order valence-corrected chi connectivity index (χ4v) is 0.947. The third kappa shape index (κ3) is 3.26. The largest absolute Gasteiger partial charge is 0.493 e. The van der Waals surface area contributed by atoms with Crippen molar-refractivity contribution < 1.29 is 14.3 Å². The zero-order valence-corrected chi connectivity index (χ0v) is 7.60. The standard InChI is InChI=1S/C10H11NO3/c11-10(13)4-5-14-9-3-1-2-8(6-9)7-12/h1-3,6-7H,4-5H2,(H2,11,13). The van der Waals surface area contributed by atoms with Gasteiger partial charge in [0.25, 0.3) is 0 Å². The van der Waals surface area contributed by atoms with Gasteiger partial charge in [-0.05, 0) is 12.1 Å². The second-order valence-electron chi connectivity index (χ2n) is 2.76. The van der Waals surface area contributed by atoms with E-state index in [0.717, 1.165) is 6.29 Å². The van der Waals surface area contributed by atoms with E-state index in [9.17, 15) is 9.59 Å². The summed E-state index contributed by atoms with van der Waals surface area (Å²) in [5.74, 6) is 0.160. The molecular weight excluding hydrogens is 182 g/mol. The van der Waals surface area contributed by atoms with Crippen LogP contribution in [0, 0.1) is 0 Å². The lowest BCUT2D eigenvalue weighted by molar-refractivity contribution is -0.118. The molecule has 0 aliphatic carbocycles. The fraction of sp³-hybridized carbons (Fsp3) is 0.200. The normalized spacial score (nSPS) is 9.43. The molecule has 0 aromatic heterocycles. The number of carbonyl (C=O) groups excluding carboxylic acids is 2. The van der Waals surface area contributed by atoms with E-state index in [0.29, 0.717) is 11.3 Å². The van der Waals surface area contributed by atoms with Crippen LogP contribution in [0.15, 0.2) is 24.3 Å². The van der Waals surface area contributed by atoms with E-state index >= 15 is 0 Å². The van der Waals surface area contributed by atoms with Crippen LogP contribution in [0.3, 0.4) is 0 Å². The van der Waals surface area contributed by atoms with Crippen molar-refractivity contribution in [2.75, 3.05) is 6.61 Å². The van der Waals surface area contributed by atoms with E-state index in [-0.39, 0.29) is 13.0 Å². The number of aldehydes is 1. The van der Waals surface area contributed by atoms with Crippen molar-refractivity contribution in [3.05, 3.63) is 29.8 Å². The zero-order valence-electron chi connectivity index (χ0n) is 7.60. The zero-order chi connectivity index (χ0) is 10.4. The Hall–Kier alpha value is -1.84. The maximum Gasteiger partial charge on any atom is 0.220 e. The third-order valence-corrected chi connectivity index (χ3v) is 1.61. The van der Waals surface area contributed by atoms with E-state index in [1.54, 1.807) is 24.3 Å². The first kappa shape index (κ1) is 10.2. The molecule has 0 saturated heterocycles. The number of hydrogen-bond donors (Lipinski definition) is 1. The second-order valence-corrected chi connectivity index (χ2v) is 2.76. The van der Waals surface area contributed by atoms with Gasteiger partial charge in [-0.2, -0.15) is 0 Å². The van der Waals surface area contributed by atoms with Crippen molar-refractivity contribution in [1.82, 2.24) is 0 Å². The minimum atomic E-state index is -0.406. The molecule has 74 valence electrons. The Labute approximate surface area is 81.7 Å². The summed E-state index contributed by atoms with van der Waals surface area (Å²) in [5.41, 5.74) is 5.48. The average molecular weight is 193 g/mol. The van der Waals surface area contributed by atoms with E-state index in [1.807, 2.05) is 0 Å². The number of ether oxygens (including phenoxy) is 1. The first-order chi connectivity index (χ1) is 6.72. The predicted octanol–water partition coefficient (Wildman–Crippen LogP) is 0.753. The van der Waals surface area contributed by atoms with Crippen molar-refractivity contribution in [3.8, 4) is 5.75 Å². The van der Waals surface area contributed by atoms with E-state index < -0.39 is 5.91 Å². The van der Waals surface area contributed by atoms with Gasteiger partial charge < -0.3 is 10.5 Å². The van der Waals surface area contributed by atoms with Crippen molar-refractivity contribution >= 4 is 12.2 Å². The summed E-state index contributed by atoms with van der Waals surface area (Å²) in [4.78, 5) is 20.8. The van der Waals surface area contributed by atoms with Gasteiger partial charge in [-0.3, -0.25) is 9.59 Å². The molecule has 0 heterocycles. The summed E-state index contributed by atoms with van der Waals surface area (Å²) in [7, 11) is 0. The smallest absolute Gasteiger partial charge is 0.220 e. The quantitative estimate of drug-likeness (QED) is 0.701. The van der Waals surface area contributed by atoms with Crippen molar-refractivity contribution in [2.24, 2.45) is 5.73 Å². The van der Waals surface area contributed by atoms with Crippen LogP contribution in [0.5, 0.6) is 5.75 Å². The number of amides is 1. The maximum atomic E-state index is 10.4. The number of benzene rings is 1. The van der Waals surface area contributed by atoms with Gasteiger partial charge in [-0.25, -0.2) is 0 Å². The molecule has 1 rings (SSSR count). The molecule has 0 saturated carbocycles. The van der Waals surface area contributed by atoms with Crippen LogP contribution in [0.1, 0.15) is 16.8 Å². The van der Waals surface area contributed by atoms with Crippen molar-refractivity contribution in [3.63, 3.8) is 0 Å². The molecule has 0 spiro atoms. The van der Waals surface area contributed by atoms with Gasteiger partial charge in [0.2, 0.25) is 5.91 Å². The molecule has 0 fully saturated rings. The fourth-order valence-electron chi connectivity index (χ4n) is 0.947. The third-order valence-electron chi connectivity index (χ3n) is 1.61. The lowest BCUT2D eigenvalue weighted by atomic mass is 10.2. The molecule has 0 radical (unpaired) electrons. The van der Waals surface area contributed by atoms with E-state index in [4.69, 9.17) is 10.5 Å². The Morgan fingerprint density at radius 2 is 2.29 bits per heavy atom. The SMILES string of the molecule is NC(=O)CCOc1cccc(C=O)c1. The van der Waals surface area contributed by atoms with E-state index in [1.165, 1.54) is 0 Å². The Morgan fingerprint density at radius 1 is 1.50 bits per heavy atom. The van der Waals surface area contributed by atoms with Gasteiger partial charge >= 0.3 is 0 Å². The van der Waals surface area contributed by atoms with Gasteiger partial charge in [0.1, 0.15) is 12.0 Å². The summed E-state index contributed by atoms with van der Waals surface area (Å²) in [6, 6.07) is 6.71. The molecular formula is C10H11NO3. The molecule has 2 N–H and O–H groups in total. The van der Waals surface area contributed by atoms with Gasteiger partial charge in [0, 0.05) is 5.56 Å². The molecule has 0 unspecified atom stereocenters. The van der Waals surface area contributed by atoms with Gasteiger partial charge in [-0.15, -0.1) is 0 Å². The Kier molecular flexibility index (Phi) is 3.67. The topological polar surface area (TPSA) is 69.4 Å². The van der Waals surface area contributed by atoms with Crippen molar-refractivity contribution in [2.45, 2.75) is 6.42 Å². The minimum Gasteiger partial charge on any atom is -0.493 e. The maximum absolute atomic E-state index is 10.4. The molecule has 1 amide bonds. The first-order valence-corrected chi connectivity index (χ1v) is 4.18. The summed E-state index contributed by atoms with van der Waals surface area (Å²) in [5, 5.41) is 0. The highest BCUT2D eigenvalue weighted by Gasteiger charge is 1.97. The Morgan fingerprint density at radius 3 is 2.93 bits per heavy atom. The lowest BCUT2D eigenvalue weighted by Gasteiger charge is -2.04. The Balaban J connectivity index is 2.50. The molecule has 0 aliphatic heterocycles. The van der Waals surface area contributed by atoms with Crippen LogP contribution in [0.25, 0.3) is 0 Å². The molecule has 0 bridgehead atoms. The van der Waals surface area contributed by atoms with Gasteiger partial charge in [-0.1, -0.05) is 12.1 Å². The van der Waals surface area contributed by atoms with Gasteiger partial charge in [0.15, 0.2) is 0 Å². The number of hydrogen-bond acceptors (Lipinski definition) is 3. The lowest BCUT2D eigenvalue weighted by Crippen LogP contribution is -2.14. The highest BCUT2D eigenvalue weighted by molar-refractivity contribution is 5.75. The van der Waals surface area contributed by atoms with Crippen LogP contribution in [-0.4, -0.2) is 18.8 Å². The molecule has 14 heavy (non-hydrogen) atoms. The number of rotatable bonds is 5. The number of nitrogens with two attached hydrogens (primary N) is 1. The first-order valence-electron chi connectivity index (χ1n) is 4.18. The number of carbonyl (C=O) groups is 2. The molecule has 4 nitrogen and oxygen atoms in total. The summed E-state index contributed by atoms with van der Waals surface area (Å²) in [6.45, 7) is 0.234. The molecule has 0 atom stereocenters. The molecule has 0 aliphatic rings. The van der Waals surface area contributed by atoms with Crippen LogP contribution in [-0.2, 0) is 4.79 Å². The van der Waals surface area contributed by atoms with Crippen LogP contribution in [0.4, 0.5) is 0 Å². The monoisotopic (exact) mass is 193 g/mol. The molecule has 1 aromatic carbocycles. The van der Waals surface area contributed by atoms with Crippen LogP contribution >= 0.6 is 0 Å². The minimum absolute atomic E-state index is 0.172. The second kappa shape index (κ2) is 5.01. The number of primary amides is 1. The van der Waals surface area contributed by atoms with Crippen LogP contribution in [0.2, 0.25) is 0 Å². The van der Waals surface area contributed by atoms with Gasteiger partial charge in [0.05, 0.1) is 13.0 Å². The summed E-state index contributed by atoms with van der Waals surface area (Å²) < 4.78 is 5.20. The van der Waals surface area contributed by atoms with E-state index in [2.05, 4.69) is 0 Å². The Bertz CT molecular complexity index is 336. The highest BCUT2D eigenvalue weighted by atomic mass is 16.5. The summed E-state index contributed by atoms with van der Waals surface area (Å²) >= 11 is 0. The molecule has 1 aromatic rings. The van der Waals surface area contributed by atoms with Crippen molar-refractivity contribution in [1.29, 1.82) is 0 Å². The highest BCUT2D eigenvalue weighted by Crippen LogP contribution is 2.11. The average Bonchev–Trinajstić information content (AvgIpc) is 2.18. The van der Waals surface area contributed by atoms with Crippen LogP contribution < -0.4 is 10.5 Å². The summed E-state index contributed by atoms with van der Waals surface area (Å²) in [6.07, 6.45) is 0.909. The predicted molar refractivity (Wildman–Crippen MR) is 51.1 cm³/mol.